The van der Waals surface area contributed by atoms with Crippen molar-refractivity contribution in [2.75, 3.05) is 0 Å². The minimum absolute atomic E-state index is 0.133. The van der Waals surface area contributed by atoms with E-state index in [1.807, 2.05) is 42.5 Å². The summed E-state index contributed by atoms with van der Waals surface area (Å²) in [4.78, 5) is 0. The Morgan fingerprint density at radius 1 is 0.950 bits per heavy atom. The Morgan fingerprint density at radius 2 is 1.55 bits per heavy atom. The van der Waals surface area contributed by atoms with Crippen molar-refractivity contribution < 1.29 is 5.21 Å². The van der Waals surface area contributed by atoms with Gasteiger partial charge < -0.3 is 5.21 Å². The fourth-order valence-corrected chi connectivity index (χ4v) is 2.15. The zero-order chi connectivity index (χ0) is 14.6. The lowest BCUT2D eigenvalue weighted by Crippen LogP contribution is -2.12. The van der Waals surface area contributed by atoms with E-state index in [1.165, 1.54) is 5.56 Å². The van der Waals surface area contributed by atoms with E-state index in [0.29, 0.717) is 12.1 Å². The van der Waals surface area contributed by atoms with Crippen LogP contribution in [0.1, 0.15) is 37.5 Å². The number of nitrogens with zero attached hydrogens (tertiary/aromatic N) is 1. The third kappa shape index (κ3) is 3.47. The average molecular weight is 267 g/mol. The first-order chi connectivity index (χ1) is 9.50. The fourth-order valence-electron chi connectivity index (χ4n) is 2.15. The van der Waals surface area contributed by atoms with Crippen LogP contribution in [0.3, 0.4) is 0 Å². The summed E-state index contributed by atoms with van der Waals surface area (Å²) in [6.45, 7) is 6.56. The van der Waals surface area contributed by atoms with E-state index in [4.69, 9.17) is 0 Å². The van der Waals surface area contributed by atoms with Crippen molar-refractivity contribution in [3.8, 4) is 0 Å². The second-order valence-electron chi connectivity index (χ2n) is 6.04. The first kappa shape index (κ1) is 14.3. The third-order valence-corrected chi connectivity index (χ3v) is 3.42. The molecule has 0 aromatic heterocycles. The molecule has 0 unspecified atom stereocenters. The summed E-state index contributed by atoms with van der Waals surface area (Å²) < 4.78 is 0. The Balaban J connectivity index is 2.21. The SMILES string of the molecule is CC(C)(C)c1ccc(C(Cc2ccccc2)=NO)cc1. The van der Waals surface area contributed by atoms with Crippen molar-refractivity contribution in [2.24, 2.45) is 5.16 Å². The van der Waals surface area contributed by atoms with Gasteiger partial charge in [0.2, 0.25) is 0 Å². The van der Waals surface area contributed by atoms with Gasteiger partial charge in [0, 0.05) is 6.42 Å². The van der Waals surface area contributed by atoms with Gasteiger partial charge in [0.05, 0.1) is 5.71 Å². The molecule has 0 spiro atoms. The topological polar surface area (TPSA) is 32.6 Å². The monoisotopic (exact) mass is 267 g/mol. The second kappa shape index (κ2) is 5.91. The molecule has 2 nitrogen and oxygen atoms in total. The standard InChI is InChI=1S/C18H21NO/c1-18(2,3)16-11-9-15(10-12-16)17(19-20)13-14-7-5-4-6-8-14/h4-12,20H,13H2,1-3H3. The van der Waals surface area contributed by atoms with Crippen molar-refractivity contribution in [1.29, 1.82) is 0 Å². The van der Waals surface area contributed by atoms with Gasteiger partial charge in [-0.3, -0.25) is 0 Å². The fraction of sp³-hybridized carbons (Fsp3) is 0.278. The molecule has 1 N–H and O–H groups in total. The highest BCUT2D eigenvalue weighted by Crippen LogP contribution is 2.22. The molecule has 2 rings (SSSR count). The summed E-state index contributed by atoms with van der Waals surface area (Å²) in [6, 6.07) is 18.3. The first-order valence-electron chi connectivity index (χ1n) is 6.86. The maximum atomic E-state index is 9.26. The number of oxime groups is 1. The van der Waals surface area contributed by atoms with Crippen LogP contribution in [-0.2, 0) is 11.8 Å². The molecule has 2 aromatic carbocycles. The largest absolute Gasteiger partial charge is 0.411 e. The normalized spacial score (nSPS) is 12.4. The number of benzene rings is 2. The molecule has 0 aliphatic heterocycles. The van der Waals surface area contributed by atoms with Gasteiger partial charge in [-0.25, -0.2) is 0 Å². The predicted molar refractivity (Wildman–Crippen MR) is 83.6 cm³/mol. The molecule has 0 aliphatic rings. The zero-order valence-electron chi connectivity index (χ0n) is 12.3. The molecule has 0 heterocycles. The summed E-state index contributed by atoms with van der Waals surface area (Å²) in [5.74, 6) is 0. The first-order valence-corrected chi connectivity index (χ1v) is 6.86. The molecule has 0 saturated carbocycles. The van der Waals surface area contributed by atoms with Crippen LogP contribution in [0, 0.1) is 0 Å². The highest BCUT2D eigenvalue weighted by atomic mass is 16.4. The van der Waals surface area contributed by atoms with Crippen LogP contribution in [-0.4, -0.2) is 10.9 Å². The molecule has 0 saturated heterocycles. The molecule has 2 heteroatoms. The van der Waals surface area contributed by atoms with Crippen LogP contribution < -0.4 is 0 Å². The van der Waals surface area contributed by atoms with Gasteiger partial charge in [0.25, 0.3) is 0 Å². The van der Waals surface area contributed by atoms with Gasteiger partial charge in [-0.15, -0.1) is 0 Å². The summed E-state index contributed by atoms with van der Waals surface area (Å²) >= 11 is 0. The molecule has 0 aliphatic carbocycles. The Labute approximate surface area is 120 Å². The van der Waals surface area contributed by atoms with E-state index in [1.54, 1.807) is 0 Å². The van der Waals surface area contributed by atoms with E-state index in [0.717, 1.165) is 11.1 Å². The van der Waals surface area contributed by atoms with Gasteiger partial charge >= 0.3 is 0 Å². The molecule has 20 heavy (non-hydrogen) atoms. The molecule has 2 aromatic rings. The molecule has 0 fully saturated rings. The van der Waals surface area contributed by atoms with E-state index in [-0.39, 0.29) is 5.41 Å². The van der Waals surface area contributed by atoms with E-state index in [9.17, 15) is 5.21 Å². The lowest BCUT2D eigenvalue weighted by atomic mass is 9.86. The van der Waals surface area contributed by atoms with Gasteiger partial charge in [-0.05, 0) is 22.1 Å². The van der Waals surface area contributed by atoms with Crippen LogP contribution in [0.5, 0.6) is 0 Å². The molecule has 0 atom stereocenters. The highest BCUT2D eigenvalue weighted by Gasteiger charge is 2.14. The molecule has 104 valence electrons. The van der Waals surface area contributed by atoms with Crippen molar-refractivity contribution >= 4 is 5.71 Å². The lowest BCUT2D eigenvalue weighted by molar-refractivity contribution is 0.318. The predicted octanol–water partition coefficient (Wildman–Crippen LogP) is 4.41. The number of rotatable bonds is 3. The Kier molecular flexibility index (Phi) is 4.23. The molecule has 0 bridgehead atoms. The Morgan fingerprint density at radius 3 is 2.05 bits per heavy atom. The average Bonchev–Trinajstić information content (AvgIpc) is 2.45. The van der Waals surface area contributed by atoms with E-state index < -0.39 is 0 Å². The van der Waals surface area contributed by atoms with Gasteiger partial charge in [0.15, 0.2) is 0 Å². The lowest BCUT2D eigenvalue weighted by Gasteiger charge is -2.19. The van der Waals surface area contributed by atoms with Gasteiger partial charge in [0.1, 0.15) is 0 Å². The molecular weight excluding hydrogens is 246 g/mol. The van der Waals surface area contributed by atoms with E-state index >= 15 is 0 Å². The summed E-state index contributed by atoms with van der Waals surface area (Å²) in [7, 11) is 0. The Bertz CT molecular complexity index is 577. The van der Waals surface area contributed by atoms with Gasteiger partial charge in [-0.2, -0.15) is 0 Å². The van der Waals surface area contributed by atoms with Crippen LogP contribution in [0.2, 0.25) is 0 Å². The summed E-state index contributed by atoms with van der Waals surface area (Å²) in [6.07, 6.45) is 0.631. The van der Waals surface area contributed by atoms with Gasteiger partial charge in [-0.1, -0.05) is 80.5 Å². The molecule has 0 amide bonds. The van der Waals surface area contributed by atoms with E-state index in [2.05, 4.69) is 38.1 Å². The maximum absolute atomic E-state index is 9.26. The quantitative estimate of drug-likeness (QED) is 0.499. The van der Waals surface area contributed by atoms with Crippen molar-refractivity contribution in [2.45, 2.75) is 32.6 Å². The van der Waals surface area contributed by atoms with Crippen molar-refractivity contribution in [1.82, 2.24) is 0 Å². The summed E-state index contributed by atoms with van der Waals surface area (Å²) in [5.41, 5.74) is 4.20. The Hall–Kier alpha value is -2.09. The zero-order valence-corrected chi connectivity index (χ0v) is 12.3. The third-order valence-electron chi connectivity index (χ3n) is 3.42. The smallest absolute Gasteiger partial charge is 0.0911 e. The van der Waals surface area contributed by atoms with Crippen molar-refractivity contribution in [3.05, 3.63) is 71.3 Å². The van der Waals surface area contributed by atoms with Crippen LogP contribution in [0.25, 0.3) is 0 Å². The van der Waals surface area contributed by atoms with Crippen LogP contribution in [0.15, 0.2) is 59.8 Å². The van der Waals surface area contributed by atoms with Crippen LogP contribution >= 0.6 is 0 Å². The molecule has 0 radical (unpaired) electrons. The minimum atomic E-state index is 0.133. The second-order valence-corrected chi connectivity index (χ2v) is 6.04. The summed E-state index contributed by atoms with van der Waals surface area (Å²) in [5, 5.41) is 12.7. The molecular formula is C18H21NO. The maximum Gasteiger partial charge on any atom is 0.0911 e. The number of hydrogen-bond acceptors (Lipinski definition) is 2. The minimum Gasteiger partial charge on any atom is -0.411 e. The highest BCUT2D eigenvalue weighted by molar-refractivity contribution is 6.01. The number of hydrogen-bond donors (Lipinski definition) is 1. The van der Waals surface area contributed by atoms with Crippen molar-refractivity contribution in [3.63, 3.8) is 0 Å². The van der Waals surface area contributed by atoms with Crippen LogP contribution in [0.4, 0.5) is 0 Å².